The molecule has 0 fully saturated rings. The van der Waals surface area contributed by atoms with Gasteiger partial charge in [0.15, 0.2) is 5.58 Å². The van der Waals surface area contributed by atoms with Gasteiger partial charge in [-0.25, -0.2) is 4.79 Å². The van der Waals surface area contributed by atoms with Crippen molar-refractivity contribution in [2.24, 2.45) is 0 Å². The smallest absolute Gasteiger partial charge is 0.417 e. The summed E-state index contributed by atoms with van der Waals surface area (Å²) in [6.45, 7) is 0. The molecule has 0 bridgehead atoms. The molecule has 2 aromatic rings. The maximum atomic E-state index is 12.5. The van der Waals surface area contributed by atoms with Crippen molar-refractivity contribution < 1.29 is 17.6 Å². The summed E-state index contributed by atoms with van der Waals surface area (Å²) in [5.74, 6) is 0. The van der Waals surface area contributed by atoms with Gasteiger partial charge in [0, 0.05) is 0 Å². The summed E-state index contributed by atoms with van der Waals surface area (Å²) >= 11 is 0. The number of hydrogen-bond acceptors (Lipinski definition) is 3. The number of nitrogens with one attached hydrogen (secondary N) is 1. The van der Waals surface area contributed by atoms with Crippen molar-refractivity contribution >= 4 is 11.1 Å². The third kappa shape index (κ3) is 1.60. The van der Waals surface area contributed by atoms with Gasteiger partial charge in [0.05, 0.1) is 11.1 Å². The zero-order chi connectivity index (χ0) is 11.9. The fourth-order valence-electron chi connectivity index (χ4n) is 1.29. The number of benzene rings is 1. The molecule has 0 aliphatic rings. The van der Waals surface area contributed by atoms with Crippen LogP contribution in [-0.4, -0.2) is 4.98 Å². The Morgan fingerprint density at radius 1 is 1.19 bits per heavy atom. The van der Waals surface area contributed by atoms with Crippen molar-refractivity contribution in [3.63, 3.8) is 0 Å². The van der Waals surface area contributed by atoms with E-state index in [9.17, 15) is 22.8 Å². The zero-order valence-corrected chi connectivity index (χ0v) is 7.59. The van der Waals surface area contributed by atoms with Crippen LogP contribution in [0.15, 0.2) is 32.2 Å². The normalized spacial score (nSPS) is 11.9. The van der Waals surface area contributed by atoms with Gasteiger partial charge in [-0.05, 0) is 12.1 Å². The van der Waals surface area contributed by atoms with Gasteiger partial charge in [0.25, 0.3) is 0 Å². The quantitative estimate of drug-likeness (QED) is 0.699. The van der Waals surface area contributed by atoms with E-state index in [1.807, 2.05) is 4.98 Å². The highest BCUT2D eigenvalue weighted by Crippen LogP contribution is 2.32. The average Bonchev–Trinajstić information content (AvgIpc) is 2.17. The highest BCUT2D eigenvalue weighted by molar-refractivity contribution is 5.76. The summed E-state index contributed by atoms with van der Waals surface area (Å²) in [7, 11) is 0. The number of fused-ring (bicyclic) bond motifs is 1. The Hall–Kier alpha value is -2.05. The van der Waals surface area contributed by atoms with E-state index in [0.29, 0.717) is 0 Å². The third-order valence-corrected chi connectivity index (χ3v) is 1.96. The van der Waals surface area contributed by atoms with Crippen molar-refractivity contribution in [1.29, 1.82) is 0 Å². The maximum absolute atomic E-state index is 12.5. The molecule has 0 spiro atoms. The fraction of sp³-hybridized carbons (Fsp3) is 0.111. The molecule has 1 heterocycles. The molecule has 0 aliphatic carbocycles. The Morgan fingerprint density at radius 3 is 2.50 bits per heavy atom. The Bertz CT molecular complexity index is 653. The van der Waals surface area contributed by atoms with E-state index >= 15 is 0 Å². The van der Waals surface area contributed by atoms with Gasteiger partial charge in [0.1, 0.15) is 0 Å². The van der Waals surface area contributed by atoms with Crippen LogP contribution in [0.5, 0.6) is 0 Å². The standard InChI is InChI=1S/C9H4F3NO3/c10-9(11,12)4-2-1-3-5-6(4)13-7(14)8(15)16-5/h1-3H,(H,13,14). The van der Waals surface area contributed by atoms with Crippen LogP contribution in [0.2, 0.25) is 0 Å². The average molecular weight is 231 g/mol. The number of rotatable bonds is 0. The van der Waals surface area contributed by atoms with Crippen LogP contribution in [0, 0.1) is 0 Å². The maximum Gasteiger partial charge on any atom is 0.418 e. The molecule has 4 nitrogen and oxygen atoms in total. The van der Waals surface area contributed by atoms with Crippen LogP contribution < -0.4 is 11.2 Å². The van der Waals surface area contributed by atoms with Crippen molar-refractivity contribution in [2.45, 2.75) is 6.18 Å². The van der Waals surface area contributed by atoms with E-state index < -0.39 is 28.4 Å². The topological polar surface area (TPSA) is 63.1 Å². The van der Waals surface area contributed by atoms with E-state index in [-0.39, 0.29) is 5.58 Å². The molecule has 0 radical (unpaired) electrons. The lowest BCUT2D eigenvalue weighted by atomic mass is 10.2. The van der Waals surface area contributed by atoms with Crippen LogP contribution in [0.1, 0.15) is 5.56 Å². The molecule has 0 unspecified atom stereocenters. The second-order valence-corrected chi connectivity index (χ2v) is 3.02. The van der Waals surface area contributed by atoms with Gasteiger partial charge in [0.2, 0.25) is 0 Å². The molecule has 2 rings (SSSR count). The molecule has 1 N–H and O–H groups in total. The predicted molar refractivity (Wildman–Crippen MR) is 48.1 cm³/mol. The first-order chi connectivity index (χ1) is 7.39. The number of H-pyrrole nitrogens is 1. The summed E-state index contributed by atoms with van der Waals surface area (Å²) in [6, 6.07) is 3.05. The SMILES string of the molecule is O=c1[nH]c2c(C(F)(F)F)cccc2oc1=O. The minimum absolute atomic E-state index is 0.306. The Kier molecular flexibility index (Phi) is 2.11. The first-order valence-electron chi connectivity index (χ1n) is 4.13. The number of alkyl halides is 3. The molecule has 0 aliphatic heterocycles. The minimum Gasteiger partial charge on any atom is -0.417 e. The highest BCUT2D eigenvalue weighted by atomic mass is 19.4. The van der Waals surface area contributed by atoms with E-state index in [1.54, 1.807) is 0 Å². The van der Waals surface area contributed by atoms with E-state index in [4.69, 9.17) is 0 Å². The summed E-state index contributed by atoms with van der Waals surface area (Å²) in [4.78, 5) is 23.5. The molecule has 1 aromatic carbocycles. The molecular formula is C9H4F3NO3. The van der Waals surface area contributed by atoms with Gasteiger partial charge in [-0.2, -0.15) is 13.2 Å². The number of aromatic nitrogens is 1. The van der Waals surface area contributed by atoms with Crippen LogP contribution in [0.3, 0.4) is 0 Å². The first-order valence-corrected chi connectivity index (χ1v) is 4.13. The van der Waals surface area contributed by atoms with E-state index in [2.05, 4.69) is 4.42 Å². The molecule has 0 amide bonds. The van der Waals surface area contributed by atoms with Crippen molar-refractivity contribution in [1.82, 2.24) is 4.98 Å². The van der Waals surface area contributed by atoms with Crippen molar-refractivity contribution in [2.75, 3.05) is 0 Å². The summed E-state index contributed by atoms with van der Waals surface area (Å²) in [6.07, 6.45) is -4.62. The molecule has 0 atom stereocenters. The van der Waals surface area contributed by atoms with Gasteiger partial charge < -0.3 is 9.40 Å². The molecule has 1 aromatic heterocycles. The molecule has 84 valence electrons. The lowest BCUT2D eigenvalue weighted by Gasteiger charge is -2.08. The van der Waals surface area contributed by atoms with Crippen LogP contribution >= 0.6 is 0 Å². The van der Waals surface area contributed by atoms with Crippen LogP contribution in [0.4, 0.5) is 13.2 Å². The second kappa shape index (κ2) is 3.22. The number of halogens is 3. The highest BCUT2D eigenvalue weighted by Gasteiger charge is 2.33. The summed E-state index contributed by atoms with van der Waals surface area (Å²) in [5.41, 5.74) is -4.33. The van der Waals surface area contributed by atoms with Gasteiger partial charge in [-0.3, -0.25) is 4.79 Å². The van der Waals surface area contributed by atoms with Crippen LogP contribution in [-0.2, 0) is 6.18 Å². The Balaban J connectivity index is 2.93. The number of para-hydroxylation sites is 1. The molecule has 0 saturated heterocycles. The number of hydrogen-bond donors (Lipinski definition) is 1. The Morgan fingerprint density at radius 2 is 1.88 bits per heavy atom. The monoisotopic (exact) mass is 231 g/mol. The lowest BCUT2D eigenvalue weighted by molar-refractivity contribution is -0.136. The fourth-order valence-corrected chi connectivity index (χ4v) is 1.29. The van der Waals surface area contributed by atoms with Gasteiger partial charge in [-0.15, -0.1) is 0 Å². The second-order valence-electron chi connectivity index (χ2n) is 3.02. The van der Waals surface area contributed by atoms with Gasteiger partial charge >= 0.3 is 17.4 Å². The molecule has 0 saturated carbocycles. The molecule has 7 heteroatoms. The van der Waals surface area contributed by atoms with Crippen LogP contribution in [0.25, 0.3) is 11.1 Å². The molecule has 16 heavy (non-hydrogen) atoms. The van der Waals surface area contributed by atoms with Gasteiger partial charge in [-0.1, -0.05) is 6.07 Å². The summed E-state index contributed by atoms with van der Waals surface area (Å²) in [5, 5.41) is 0. The van der Waals surface area contributed by atoms with Crippen molar-refractivity contribution in [3.05, 3.63) is 44.5 Å². The molecular weight excluding hydrogens is 227 g/mol. The number of aromatic amines is 1. The Labute approximate surface area is 85.3 Å². The first kappa shape index (κ1) is 10.5. The van der Waals surface area contributed by atoms with E-state index in [1.165, 1.54) is 6.07 Å². The summed E-state index contributed by atoms with van der Waals surface area (Å²) < 4.78 is 42.0. The third-order valence-electron chi connectivity index (χ3n) is 1.96. The predicted octanol–water partition coefficient (Wildman–Crippen LogP) is 1.50. The zero-order valence-electron chi connectivity index (χ0n) is 7.59. The minimum atomic E-state index is -4.62. The van der Waals surface area contributed by atoms with Crippen molar-refractivity contribution in [3.8, 4) is 0 Å². The van der Waals surface area contributed by atoms with E-state index in [0.717, 1.165) is 12.1 Å². The lowest BCUT2D eigenvalue weighted by Crippen LogP contribution is -2.26. The largest absolute Gasteiger partial charge is 0.418 e.